The summed E-state index contributed by atoms with van der Waals surface area (Å²) in [6.07, 6.45) is 3.24. The Labute approximate surface area is 120 Å². The van der Waals surface area contributed by atoms with E-state index in [1.54, 1.807) is 0 Å². The van der Waals surface area contributed by atoms with Crippen LogP contribution in [0, 0.1) is 6.92 Å². The molecule has 100 valence electrons. The summed E-state index contributed by atoms with van der Waals surface area (Å²) in [4.78, 5) is 0. The molecule has 2 aromatic rings. The first-order chi connectivity index (χ1) is 9.27. The molecule has 0 unspecified atom stereocenters. The van der Waals surface area contributed by atoms with Gasteiger partial charge in [-0.2, -0.15) is 0 Å². The lowest BCUT2D eigenvalue weighted by atomic mass is 10.0. The standard InChI is InChI=1S/C17H19ClO/c1-14-15(9-7-12-17(14)18)8-5-6-13-19-16-10-3-2-4-11-16/h2-4,7,9-12H,5-6,8,13H2,1H3. The van der Waals surface area contributed by atoms with Gasteiger partial charge in [0.2, 0.25) is 0 Å². The van der Waals surface area contributed by atoms with E-state index in [1.807, 2.05) is 42.5 Å². The Morgan fingerprint density at radius 3 is 2.53 bits per heavy atom. The van der Waals surface area contributed by atoms with E-state index in [0.717, 1.165) is 36.6 Å². The van der Waals surface area contributed by atoms with Gasteiger partial charge in [-0.15, -0.1) is 0 Å². The lowest BCUT2D eigenvalue weighted by Gasteiger charge is -2.08. The molecule has 0 bridgehead atoms. The first-order valence-electron chi connectivity index (χ1n) is 6.69. The molecular formula is C17H19ClO. The fraction of sp³-hybridized carbons (Fsp3) is 0.294. The quantitative estimate of drug-likeness (QED) is 0.670. The molecule has 0 aromatic heterocycles. The van der Waals surface area contributed by atoms with Gasteiger partial charge in [0.1, 0.15) is 5.75 Å². The lowest BCUT2D eigenvalue weighted by Crippen LogP contribution is -1.99. The van der Waals surface area contributed by atoms with Gasteiger partial charge >= 0.3 is 0 Å². The monoisotopic (exact) mass is 274 g/mol. The Bertz CT molecular complexity index is 508. The van der Waals surface area contributed by atoms with Crippen LogP contribution < -0.4 is 4.74 Å². The van der Waals surface area contributed by atoms with E-state index in [4.69, 9.17) is 16.3 Å². The van der Waals surface area contributed by atoms with Crippen LogP contribution in [-0.4, -0.2) is 6.61 Å². The highest BCUT2D eigenvalue weighted by molar-refractivity contribution is 6.31. The molecule has 0 spiro atoms. The SMILES string of the molecule is Cc1c(Cl)cccc1CCCCOc1ccccc1. The second kappa shape index (κ2) is 7.20. The molecule has 0 aliphatic carbocycles. The fourth-order valence-corrected chi connectivity index (χ4v) is 2.24. The summed E-state index contributed by atoms with van der Waals surface area (Å²) in [7, 11) is 0. The van der Waals surface area contributed by atoms with Crippen molar-refractivity contribution in [2.75, 3.05) is 6.61 Å². The van der Waals surface area contributed by atoms with Crippen molar-refractivity contribution >= 4 is 11.6 Å². The molecule has 2 heteroatoms. The fourth-order valence-electron chi connectivity index (χ4n) is 2.05. The summed E-state index contributed by atoms with van der Waals surface area (Å²) in [5.41, 5.74) is 2.54. The largest absolute Gasteiger partial charge is 0.494 e. The maximum atomic E-state index is 6.11. The lowest BCUT2D eigenvalue weighted by molar-refractivity contribution is 0.307. The van der Waals surface area contributed by atoms with E-state index < -0.39 is 0 Å². The molecule has 0 atom stereocenters. The molecule has 19 heavy (non-hydrogen) atoms. The van der Waals surface area contributed by atoms with Crippen molar-refractivity contribution in [1.29, 1.82) is 0 Å². The van der Waals surface area contributed by atoms with E-state index in [-0.39, 0.29) is 0 Å². The zero-order valence-corrected chi connectivity index (χ0v) is 12.0. The molecule has 0 amide bonds. The Kier molecular flexibility index (Phi) is 5.29. The third-order valence-electron chi connectivity index (χ3n) is 3.23. The maximum Gasteiger partial charge on any atom is 0.119 e. The third kappa shape index (κ3) is 4.29. The molecule has 1 nitrogen and oxygen atoms in total. The Morgan fingerprint density at radius 1 is 0.947 bits per heavy atom. The topological polar surface area (TPSA) is 9.23 Å². The molecule has 0 N–H and O–H groups in total. The zero-order valence-electron chi connectivity index (χ0n) is 11.2. The smallest absolute Gasteiger partial charge is 0.119 e. The number of benzene rings is 2. The first-order valence-corrected chi connectivity index (χ1v) is 7.07. The van der Waals surface area contributed by atoms with E-state index in [0.29, 0.717) is 0 Å². The molecule has 0 radical (unpaired) electrons. The number of rotatable bonds is 6. The molecular weight excluding hydrogens is 256 g/mol. The predicted molar refractivity (Wildman–Crippen MR) is 81.1 cm³/mol. The van der Waals surface area contributed by atoms with E-state index >= 15 is 0 Å². The second-order valence-corrected chi connectivity index (χ2v) is 5.05. The molecule has 0 saturated carbocycles. The van der Waals surface area contributed by atoms with Crippen LogP contribution in [0.5, 0.6) is 5.75 Å². The van der Waals surface area contributed by atoms with E-state index in [9.17, 15) is 0 Å². The molecule has 0 fully saturated rings. The third-order valence-corrected chi connectivity index (χ3v) is 3.64. The van der Waals surface area contributed by atoms with Crippen LogP contribution in [0.1, 0.15) is 24.0 Å². The maximum absolute atomic E-state index is 6.11. The van der Waals surface area contributed by atoms with Crippen molar-refractivity contribution in [3.8, 4) is 5.75 Å². The van der Waals surface area contributed by atoms with Gasteiger partial charge in [-0.3, -0.25) is 0 Å². The number of ether oxygens (including phenoxy) is 1. The molecule has 0 heterocycles. The van der Waals surface area contributed by atoms with Crippen LogP contribution in [0.15, 0.2) is 48.5 Å². The summed E-state index contributed by atoms with van der Waals surface area (Å²) in [5, 5.41) is 0.859. The average Bonchev–Trinajstić information content (AvgIpc) is 2.44. The normalized spacial score (nSPS) is 10.4. The minimum atomic E-state index is 0.767. The highest BCUT2D eigenvalue weighted by Crippen LogP contribution is 2.20. The van der Waals surface area contributed by atoms with Gasteiger partial charge in [0, 0.05) is 5.02 Å². The van der Waals surface area contributed by atoms with Crippen molar-refractivity contribution in [3.05, 3.63) is 64.7 Å². The van der Waals surface area contributed by atoms with Crippen LogP contribution in [0.3, 0.4) is 0 Å². The van der Waals surface area contributed by atoms with Gasteiger partial charge in [-0.25, -0.2) is 0 Å². The first kappa shape index (κ1) is 14.0. The van der Waals surface area contributed by atoms with Crippen molar-refractivity contribution in [3.63, 3.8) is 0 Å². The second-order valence-electron chi connectivity index (χ2n) is 4.64. The van der Waals surface area contributed by atoms with Crippen LogP contribution in [0.25, 0.3) is 0 Å². The number of halogens is 1. The van der Waals surface area contributed by atoms with E-state index in [2.05, 4.69) is 13.0 Å². The molecule has 2 aromatic carbocycles. The van der Waals surface area contributed by atoms with Gasteiger partial charge in [0.15, 0.2) is 0 Å². The minimum absolute atomic E-state index is 0.767. The van der Waals surface area contributed by atoms with Crippen molar-refractivity contribution in [2.45, 2.75) is 26.2 Å². The predicted octanol–water partition coefficient (Wildman–Crippen LogP) is 5.05. The van der Waals surface area contributed by atoms with Crippen LogP contribution >= 0.6 is 11.6 Å². The van der Waals surface area contributed by atoms with Gasteiger partial charge in [-0.1, -0.05) is 41.9 Å². The number of hydrogen-bond donors (Lipinski definition) is 0. The van der Waals surface area contributed by atoms with Gasteiger partial charge in [0.05, 0.1) is 6.61 Å². The number of aryl methyl sites for hydroxylation is 1. The molecule has 0 aliphatic heterocycles. The summed E-state index contributed by atoms with van der Waals surface area (Å²) >= 11 is 6.11. The van der Waals surface area contributed by atoms with Crippen molar-refractivity contribution in [2.24, 2.45) is 0 Å². The minimum Gasteiger partial charge on any atom is -0.494 e. The Hall–Kier alpha value is -1.47. The Morgan fingerprint density at radius 2 is 1.74 bits per heavy atom. The molecule has 2 rings (SSSR count). The summed E-state index contributed by atoms with van der Waals surface area (Å²) in [6.45, 7) is 2.85. The van der Waals surface area contributed by atoms with Crippen LogP contribution in [-0.2, 0) is 6.42 Å². The number of hydrogen-bond acceptors (Lipinski definition) is 1. The molecule has 0 aliphatic rings. The summed E-state index contributed by atoms with van der Waals surface area (Å²) in [5.74, 6) is 0.946. The van der Waals surface area contributed by atoms with Gasteiger partial charge in [-0.05, 0) is 55.5 Å². The summed E-state index contributed by atoms with van der Waals surface area (Å²) < 4.78 is 5.67. The number of unbranched alkanes of at least 4 members (excludes halogenated alkanes) is 1. The van der Waals surface area contributed by atoms with Crippen LogP contribution in [0.2, 0.25) is 5.02 Å². The van der Waals surface area contributed by atoms with Crippen molar-refractivity contribution in [1.82, 2.24) is 0 Å². The molecule has 0 saturated heterocycles. The zero-order chi connectivity index (χ0) is 13.5. The Balaban J connectivity index is 1.71. The average molecular weight is 275 g/mol. The number of para-hydroxylation sites is 1. The highest BCUT2D eigenvalue weighted by Gasteiger charge is 2.01. The highest BCUT2D eigenvalue weighted by atomic mass is 35.5. The van der Waals surface area contributed by atoms with Gasteiger partial charge < -0.3 is 4.74 Å². The summed E-state index contributed by atoms with van der Waals surface area (Å²) in [6, 6.07) is 16.1. The van der Waals surface area contributed by atoms with Gasteiger partial charge in [0.25, 0.3) is 0 Å². The van der Waals surface area contributed by atoms with Crippen LogP contribution in [0.4, 0.5) is 0 Å². The van der Waals surface area contributed by atoms with Crippen molar-refractivity contribution < 1.29 is 4.74 Å². The van der Waals surface area contributed by atoms with E-state index in [1.165, 1.54) is 11.1 Å².